The zero-order chi connectivity index (χ0) is 37.1. The Kier molecular flexibility index (Phi) is 6.66. The third kappa shape index (κ3) is 4.47. The number of fused-ring (bicyclic) bond motifs is 11. The van der Waals surface area contributed by atoms with Crippen LogP contribution in [0.4, 0.5) is 0 Å². The lowest BCUT2D eigenvalue weighted by molar-refractivity contribution is 0.662. The highest BCUT2D eigenvalue weighted by atomic mass is 32.1. The molecule has 0 fully saturated rings. The summed E-state index contributed by atoms with van der Waals surface area (Å²) >= 11 is 1.91. The van der Waals surface area contributed by atoms with Gasteiger partial charge in [-0.15, -0.1) is 11.3 Å². The SMILES string of the molecule is CC1(C)c2cc3c(cc2-c2c1ccc1ccccc21)sc1ccc(-c2cccc(-c4c5ccccc5c(-c5cccc6ccccc56)c5ccccc45)c2)cc13. The first-order valence-electron chi connectivity index (χ1n) is 19.6. The Morgan fingerprint density at radius 2 is 0.893 bits per heavy atom. The van der Waals surface area contributed by atoms with E-state index >= 15 is 0 Å². The van der Waals surface area contributed by atoms with Gasteiger partial charge in [0.2, 0.25) is 0 Å². The summed E-state index contributed by atoms with van der Waals surface area (Å²) < 4.78 is 2.69. The fourth-order valence-electron chi connectivity index (χ4n) is 9.98. The predicted octanol–water partition coefficient (Wildman–Crippen LogP) is 16.0. The van der Waals surface area contributed by atoms with Crippen LogP contribution in [0.15, 0.2) is 182 Å². The van der Waals surface area contributed by atoms with Crippen molar-refractivity contribution in [2.75, 3.05) is 0 Å². The van der Waals surface area contributed by atoms with Crippen LogP contribution in [0.5, 0.6) is 0 Å². The number of hydrogen-bond donors (Lipinski definition) is 0. The van der Waals surface area contributed by atoms with Gasteiger partial charge in [0.25, 0.3) is 0 Å². The molecule has 0 N–H and O–H groups in total. The predicted molar refractivity (Wildman–Crippen MR) is 243 cm³/mol. The fourth-order valence-corrected chi connectivity index (χ4v) is 11.1. The Balaban J connectivity index is 1.03. The van der Waals surface area contributed by atoms with Gasteiger partial charge in [0, 0.05) is 25.6 Å². The van der Waals surface area contributed by atoms with E-state index in [0.29, 0.717) is 0 Å². The van der Waals surface area contributed by atoms with Crippen LogP contribution in [-0.4, -0.2) is 0 Å². The third-order valence-corrected chi connectivity index (χ3v) is 13.8. The van der Waals surface area contributed by atoms with Crippen LogP contribution in [0, 0.1) is 0 Å². The van der Waals surface area contributed by atoms with Crippen molar-refractivity contribution in [3.8, 4) is 44.5 Å². The smallest absolute Gasteiger partial charge is 0.0361 e. The fraction of sp³-hybridized carbons (Fsp3) is 0.0545. The molecule has 0 saturated carbocycles. The summed E-state index contributed by atoms with van der Waals surface area (Å²) in [4.78, 5) is 0. The van der Waals surface area contributed by atoms with Crippen molar-refractivity contribution in [2.24, 2.45) is 0 Å². The normalized spacial score (nSPS) is 13.3. The summed E-state index contributed by atoms with van der Waals surface area (Å²) in [6.07, 6.45) is 0. The average Bonchev–Trinajstić information content (AvgIpc) is 3.72. The number of thiophene rings is 1. The van der Waals surface area contributed by atoms with E-state index in [9.17, 15) is 0 Å². The van der Waals surface area contributed by atoms with Gasteiger partial charge in [0.05, 0.1) is 0 Å². The van der Waals surface area contributed by atoms with E-state index < -0.39 is 0 Å². The molecule has 1 heteroatoms. The van der Waals surface area contributed by atoms with Crippen molar-refractivity contribution in [1.82, 2.24) is 0 Å². The zero-order valence-electron chi connectivity index (χ0n) is 31.2. The molecule has 0 spiro atoms. The van der Waals surface area contributed by atoms with Crippen molar-refractivity contribution >= 4 is 74.6 Å². The molecular weight excluding hydrogens is 693 g/mol. The van der Waals surface area contributed by atoms with Gasteiger partial charge in [0.15, 0.2) is 0 Å². The highest BCUT2D eigenvalue weighted by molar-refractivity contribution is 7.25. The van der Waals surface area contributed by atoms with Gasteiger partial charge < -0.3 is 0 Å². The van der Waals surface area contributed by atoms with E-state index in [-0.39, 0.29) is 5.41 Å². The molecule has 1 heterocycles. The van der Waals surface area contributed by atoms with E-state index in [1.807, 2.05) is 11.3 Å². The summed E-state index contributed by atoms with van der Waals surface area (Å²) in [5.74, 6) is 0. The molecule has 0 aliphatic heterocycles. The lowest BCUT2D eigenvalue weighted by Gasteiger charge is -2.21. The summed E-state index contributed by atoms with van der Waals surface area (Å²) in [6.45, 7) is 4.79. The molecule has 0 nitrogen and oxygen atoms in total. The molecule has 262 valence electrons. The number of rotatable bonds is 3. The monoisotopic (exact) mass is 728 g/mol. The third-order valence-electron chi connectivity index (χ3n) is 12.6. The lowest BCUT2D eigenvalue weighted by atomic mass is 9.81. The average molecular weight is 729 g/mol. The minimum absolute atomic E-state index is 0.0716. The summed E-state index contributed by atoms with van der Waals surface area (Å²) in [5, 5.41) is 13.0. The van der Waals surface area contributed by atoms with E-state index in [1.54, 1.807) is 0 Å². The molecule has 0 unspecified atom stereocenters. The van der Waals surface area contributed by atoms with Gasteiger partial charge in [0.1, 0.15) is 0 Å². The molecule has 1 aliphatic rings. The molecule has 0 atom stereocenters. The van der Waals surface area contributed by atoms with Crippen molar-refractivity contribution in [3.63, 3.8) is 0 Å². The highest BCUT2D eigenvalue weighted by Crippen LogP contribution is 2.54. The van der Waals surface area contributed by atoms with E-state index in [1.165, 1.54) is 119 Å². The van der Waals surface area contributed by atoms with Crippen molar-refractivity contribution in [2.45, 2.75) is 19.3 Å². The van der Waals surface area contributed by atoms with Crippen LogP contribution in [-0.2, 0) is 5.41 Å². The molecule has 1 aliphatic carbocycles. The molecule has 1 aromatic heterocycles. The van der Waals surface area contributed by atoms with Gasteiger partial charge in [-0.1, -0.05) is 166 Å². The lowest BCUT2D eigenvalue weighted by Crippen LogP contribution is -2.14. The maximum Gasteiger partial charge on any atom is 0.0361 e. The molecule has 12 rings (SSSR count). The maximum absolute atomic E-state index is 2.51. The molecule has 10 aromatic carbocycles. The van der Waals surface area contributed by atoms with Crippen LogP contribution >= 0.6 is 11.3 Å². The molecular formula is C55H36S. The quantitative estimate of drug-likeness (QED) is 0.159. The van der Waals surface area contributed by atoms with Crippen molar-refractivity contribution in [1.29, 1.82) is 0 Å². The first-order chi connectivity index (χ1) is 27.5. The number of hydrogen-bond acceptors (Lipinski definition) is 1. The van der Waals surface area contributed by atoms with Crippen LogP contribution in [0.25, 0.3) is 108 Å². The van der Waals surface area contributed by atoms with Crippen LogP contribution in [0.1, 0.15) is 25.0 Å². The van der Waals surface area contributed by atoms with Crippen LogP contribution in [0.3, 0.4) is 0 Å². The van der Waals surface area contributed by atoms with E-state index in [4.69, 9.17) is 0 Å². The van der Waals surface area contributed by atoms with Crippen LogP contribution in [0.2, 0.25) is 0 Å². The second-order valence-electron chi connectivity index (χ2n) is 16.0. The van der Waals surface area contributed by atoms with Gasteiger partial charge in [-0.2, -0.15) is 0 Å². The van der Waals surface area contributed by atoms with Gasteiger partial charge in [-0.25, -0.2) is 0 Å². The Labute approximate surface area is 329 Å². The zero-order valence-corrected chi connectivity index (χ0v) is 32.0. The van der Waals surface area contributed by atoms with Crippen molar-refractivity contribution < 1.29 is 0 Å². The molecule has 0 radical (unpaired) electrons. The minimum Gasteiger partial charge on any atom is -0.135 e. The topological polar surface area (TPSA) is 0 Å². The van der Waals surface area contributed by atoms with Gasteiger partial charge >= 0.3 is 0 Å². The molecule has 56 heavy (non-hydrogen) atoms. The summed E-state index contributed by atoms with van der Waals surface area (Å²) in [5.41, 5.74) is 13.2. The second kappa shape index (κ2) is 11.7. The highest BCUT2D eigenvalue weighted by Gasteiger charge is 2.37. The Bertz CT molecular complexity index is 3390. The van der Waals surface area contributed by atoms with Gasteiger partial charge in [-0.3, -0.25) is 0 Å². The van der Waals surface area contributed by atoms with E-state index in [0.717, 1.165) is 0 Å². The van der Waals surface area contributed by atoms with Crippen LogP contribution < -0.4 is 0 Å². The Morgan fingerprint density at radius 1 is 0.321 bits per heavy atom. The Morgan fingerprint density at radius 3 is 1.64 bits per heavy atom. The standard InChI is InChI=1S/C55H36S/c1-55(2)48-27-25-34-14-4-6-19-39(34)54(48)47-32-51-46(31-49(47)55)45-30-36(26-28-50(45)56-51)35-16-11-17-37(29-35)52-41-20-7-9-22-43(41)53(44-23-10-8-21-42(44)52)40-24-12-15-33-13-3-5-18-38(33)40/h3-32H,1-2H3. The molecule has 0 amide bonds. The Hall–Kier alpha value is -6.54. The maximum atomic E-state index is 2.51. The number of benzene rings is 10. The molecule has 11 aromatic rings. The van der Waals surface area contributed by atoms with E-state index in [2.05, 4.69) is 196 Å². The van der Waals surface area contributed by atoms with Gasteiger partial charge in [-0.05, 0) is 129 Å². The minimum atomic E-state index is -0.0716. The molecule has 0 bridgehead atoms. The van der Waals surface area contributed by atoms with Crippen molar-refractivity contribution in [3.05, 3.63) is 193 Å². The second-order valence-corrected chi connectivity index (χ2v) is 17.1. The first kappa shape index (κ1) is 31.8. The molecule has 0 saturated heterocycles. The summed E-state index contributed by atoms with van der Waals surface area (Å²) in [7, 11) is 0. The largest absolute Gasteiger partial charge is 0.135 e. The summed E-state index contributed by atoms with van der Waals surface area (Å²) in [6, 6.07) is 68.2. The first-order valence-corrected chi connectivity index (χ1v) is 20.4.